The average molecular weight is 548 g/mol. The Morgan fingerprint density at radius 2 is 1.61 bits per heavy atom. The van der Waals surface area contributed by atoms with Crippen LogP contribution in [0.5, 0.6) is 17.2 Å². The number of phenolic OH excluding ortho intramolecular Hbond substituents is 1. The highest BCUT2D eigenvalue weighted by Gasteiger charge is 2.58. The number of methoxy groups -OCH3 is 2. The molecule has 2 heterocycles. The van der Waals surface area contributed by atoms with Gasteiger partial charge in [-0.05, 0) is 23.8 Å². The van der Waals surface area contributed by atoms with Crippen LogP contribution in [-0.2, 0) is 23.7 Å². The Bertz CT molecular complexity index is 961. The predicted octanol–water partition coefficient (Wildman–Crippen LogP) is -3.41. The fraction of sp³-hybridized carbons (Fsp3) is 0.609. The van der Waals surface area contributed by atoms with Crippen molar-refractivity contribution in [1.29, 1.82) is 0 Å². The summed E-state index contributed by atoms with van der Waals surface area (Å²) in [5.74, 6) is -3.25. The number of rotatable bonds is 10. The molecule has 0 aromatic heterocycles. The third kappa shape index (κ3) is 6.02. The second-order valence-corrected chi connectivity index (χ2v) is 8.61. The predicted molar refractivity (Wildman–Crippen MR) is 123 cm³/mol. The largest absolute Gasteiger partial charge is 0.502 e. The molecule has 1 aromatic rings. The Balaban J connectivity index is 1.66. The summed E-state index contributed by atoms with van der Waals surface area (Å²) in [7, 11) is 2.67. The minimum absolute atomic E-state index is 0.101. The molecule has 3 rings (SSSR count). The van der Waals surface area contributed by atoms with Crippen molar-refractivity contribution in [2.45, 2.75) is 54.8 Å². The third-order valence-corrected chi connectivity index (χ3v) is 6.19. The molecule has 0 spiro atoms. The van der Waals surface area contributed by atoms with E-state index in [-0.39, 0.29) is 17.2 Å². The molecule has 15 nitrogen and oxygen atoms in total. The maximum Gasteiger partial charge on any atom is 0.330 e. The van der Waals surface area contributed by atoms with Crippen molar-refractivity contribution in [3.05, 3.63) is 23.8 Å². The number of benzene rings is 1. The van der Waals surface area contributed by atoms with Crippen LogP contribution in [0, 0.1) is 0 Å². The summed E-state index contributed by atoms with van der Waals surface area (Å²) < 4.78 is 31.2. The summed E-state index contributed by atoms with van der Waals surface area (Å²) in [5, 5.41) is 80.2. The van der Waals surface area contributed by atoms with E-state index in [0.717, 1.165) is 6.08 Å². The Morgan fingerprint density at radius 1 is 0.974 bits per heavy atom. The van der Waals surface area contributed by atoms with E-state index in [1.165, 1.54) is 32.4 Å². The molecule has 2 aliphatic rings. The van der Waals surface area contributed by atoms with Crippen LogP contribution in [-0.4, -0.2) is 136 Å². The zero-order valence-electron chi connectivity index (χ0n) is 20.5. The minimum atomic E-state index is -2.34. The van der Waals surface area contributed by atoms with Gasteiger partial charge >= 0.3 is 5.97 Å². The van der Waals surface area contributed by atoms with Crippen molar-refractivity contribution in [2.75, 3.05) is 34.0 Å². The number of aliphatic hydroxyl groups is 7. The standard InChI is InChI=1S/C23H32O15/c1-33-11-5-10(6-12(34-2)16(11)27)3-4-15(26)35-8-14-17(28)19(30)20(31)22(36-14)38-23(9-25)21(32)18(29)13(7-24)37-23/h3-6,13-14,17-22,24-25,27-32H,7-9H2,1-2H3/b4-3+/t13-,14-,17-,18-,19+,20-,21+,22+,23+/m1/s1. The number of hydrogen-bond acceptors (Lipinski definition) is 15. The molecule has 9 atom stereocenters. The van der Waals surface area contributed by atoms with E-state index in [1.54, 1.807) is 0 Å². The molecule has 1 aromatic carbocycles. The molecule has 15 heteroatoms. The van der Waals surface area contributed by atoms with Gasteiger partial charge in [0.15, 0.2) is 17.8 Å². The fourth-order valence-electron chi connectivity index (χ4n) is 4.00. The van der Waals surface area contributed by atoms with Crippen molar-refractivity contribution in [3.8, 4) is 17.2 Å². The summed E-state index contributed by atoms with van der Waals surface area (Å²) in [6, 6.07) is 2.87. The molecule has 2 aliphatic heterocycles. The molecule has 38 heavy (non-hydrogen) atoms. The van der Waals surface area contributed by atoms with Gasteiger partial charge in [-0.1, -0.05) is 0 Å². The number of esters is 1. The second kappa shape index (κ2) is 12.5. The minimum Gasteiger partial charge on any atom is -0.502 e. The van der Waals surface area contributed by atoms with E-state index < -0.39 is 80.6 Å². The number of carbonyl (C=O) groups is 1. The van der Waals surface area contributed by atoms with E-state index >= 15 is 0 Å². The van der Waals surface area contributed by atoms with Gasteiger partial charge in [0.1, 0.15) is 55.9 Å². The Morgan fingerprint density at radius 3 is 2.13 bits per heavy atom. The molecular weight excluding hydrogens is 516 g/mol. The Kier molecular flexibility index (Phi) is 9.88. The topological polar surface area (TPSA) is 234 Å². The van der Waals surface area contributed by atoms with Crippen LogP contribution < -0.4 is 9.47 Å². The molecule has 0 amide bonds. The average Bonchev–Trinajstić information content (AvgIpc) is 3.16. The zero-order chi connectivity index (χ0) is 28.2. The van der Waals surface area contributed by atoms with Crippen LogP contribution in [0.2, 0.25) is 0 Å². The number of hydrogen-bond donors (Lipinski definition) is 8. The molecule has 0 saturated carbocycles. The second-order valence-electron chi connectivity index (χ2n) is 8.61. The summed E-state index contributed by atoms with van der Waals surface area (Å²) in [5.41, 5.74) is 0.419. The van der Waals surface area contributed by atoms with Gasteiger partial charge < -0.3 is 69.3 Å². The number of carbonyl (C=O) groups excluding carboxylic acids is 1. The van der Waals surface area contributed by atoms with Gasteiger partial charge in [0.05, 0.1) is 20.8 Å². The highest BCUT2D eigenvalue weighted by Crippen LogP contribution is 2.38. The van der Waals surface area contributed by atoms with E-state index in [1.807, 2.05) is 0 Å². The molecule has 0 bridgehead atoms. The van der Waals surface area contributed by atoms with Crippen molar-refractivity contribution in [3.63, 3.8) is 0 Å². The number of phenols is 1. The van der Waals surface area contributed by atoms with Crippen molar-refractivity contribution < 1.29 is 74.1 Å². The molecule has 2 saturated heterocycles. The summed E-state index contributed by atoms with van der Waals surface area (Å²) in [6.07, 6.45) is -11.2. The Labute approximate surface area is 216 Å². The number of aliphatic hydroxyl groups excluding tert-OH is 7. The SMILES string of the molecule is COc1cc(/C=C/C(=O)OC[C@H]2O[C@@H](O[C@]3(CO)O[C@H](CO)[C@@H](O)[C@@H]3O)[C@H](O)[C@@H](O)[C@@H]2O)cc(OC)c1O. The smallest absolute Gasteiger partial charge is 0.330 e. The molecule has 0 aliphatic carbocycles. The van der Waals surface area contributed by atoms with Gasteiger partial charge in [0, 0.05) is 6.08 Å². The maximum atomic E-state index is 12.3. The first-order chi connectivity index (χ1) is 18.0. The van der Waals surface area contributed by atoms with Crippen molar-refractivity contribution in [1.82, 2.24) is 0 Å². The lowest BCUT2D eigenvalue weighted by Crippen LogP contribution is -2.62. The highest BCUT2D eigenvalue weighted by molar-refractivity contribution is 5.87. The van der Waals surface area contributed by atoms with Gasteiger partial charge in [0.2, 0.25) is 11.5 Å². The summed E-state index contributed by atoms with van der Waals surface area (Å²) in [6.45, 7) is -2.38. The first-order valence-corrected chi connectivity index (χ1v) is 11.4. The van der Waals surface area contributed by atoms with Crippen LogP contribution in [0.4, 0.5) is 0 Å². The van der Waals surface area contributed by atoms with Gasteiger partial charge in [-0.25, -0.2) is 4.79 Å². The molecule has 0 radical (unpaired) electrons. The molecule has 2 fully saturated rings. The molecule has 0 unspecified atom stereocenters. The third-order valence-electron chi connectivity index (χ3n) is 6.19. The molecule has 8 N–H and O–H groups in total. The normalized spacial score (nSPS) is 35.4. The van der Waals surface area contributed by atoms with Crippen LogP contribution >= 0.6 is 0 Å². The van der Waals surface area contributed by atoms with E-state index in [2.05, 4.69) is 0 Å². The van der Waals surface area contributed by atoms with E-state index in [0.29, 0.717) is 5.56 Å². The van der Waals surface area contributed by atoms with E-state index in [4.69, 9.17) is 28.4 Å². The van der Waals surface area contributed by atoms with Crippen LogP contribution in [0.3, 0.4) is 0 Å². The van der Waals surface area contributed by atoms with E-state index in [9.17, 15) is 45.6 Å². The number of aromatic hydroxyl groups is 1. The quantitative estimate of drug-likeness (QED) is 0.105. The fourth-order valence-corrected chi connectivity index (χ4v) is 4.00. The van der Waals surface area contributed by atoms with Crippen LogP contribution in [0.25, 0.3) is 6.08 Å². The van der Waals surface area contributed by atoms with Gasteiger partial charge in [0.25, 0.3) is 0 Å². The first-order valence-electron chi connectivity index (χ1n) is 11.4. The van der Waals surface area contributed by atoms with Gasteiger partial charge in [-0.3, -0.25) is 0 Å². The van der Waals surface area contributed by atoms with Gasteiger partial charge in [-0.2, -0.15) is 0 Å². The highest BCUT2D eigenvalue weighted by atomic mass is 16.8. The number of ether oxygens (including phenoxy) is 6. The van der Waals surface area contributed by atoms with Crippen molar-refractivity contribution >= 4 is 12.0 Å². The van der Waals surface area contributed by atoms with Crippen LogP contribution in [0.1, 0.15) is 5.56 Å². The summed E-state index contributed by atoms with van der Waals surface area (Å²) >= 11 is 0. The lowest BCUT2D eigenvalue weighted by Gasteiger charge is -2.43. The van der Waals surface area contributed by atoms with Crippen molar-refractivity contribution in [2.24, 2.45) is 0 Å². The molecule has 214 valence electrons. The molecular formula is C23H32O15. The summed E-state index contributed by atoms with van der Waals surface area (Å²) in [4.78, 5) is 12.3. The van der Waals surface area contributed by atoms with Crippen LogP contribution in [0.15, 0.2) is 18.2 Å². The lowest BCUT2D eigenvalue weighted by molar-refractivity contribution is -0.383. The van der Waals surface area contributed by atoms with Gasteiger partial charge in [-0.15, -0.1) is 0 Å². The monoisotopic (exact) mass is 548 g/mol. The maximum absolute atomic E-state index is 12.3. The zero-order valence-corrected chi connectivity index (χ0v) is 20.5. The Hall–Kier alpha value is -2.57. The lowest BCUT2D eigenvalue weighted by atomic mass is 9.99. The first kappa shape index (κ1) is 30.0.